The summed E-state index contributed by atoms with van der Waals surface area (Å²) < 4.78 is 41.9. The largest absolute Gasteiger partial charge is 0.405 e. The van der Waals surface area contributed by atoms with Gasteiger partial charge in [-0.15, -0.1) is 0 Å². The van der Waals surface area contributed by atoms with Gasteiger partial charge in [0.1, 0.15) is 18.0 Å². The Bertz CT molecular complexity index is 690. The number of ether oxygens (including phenoxy) is 1. The van der Waals surface area contributed by atoms with Crippen molar-refractivity contribution < 1.29 is 23.1 Å². The number of aliphatic hydroxyl groups excluding tert-OH is 1. The van der Waals surface area contributed by atoms with Crippen LogP contribution in [0.4, 0.5) is 14.6 Å². The molecule has 1 saturated heterocycles. The van der Waals surface area contributed by atoms with Gasteiger partial charge in [0, 0.05) is 6.20 Å². The zero-order valence-electron chi connectivity index (χ0n) is 15.0. The van der Waals surface area contributed by atoms with Gasteiger partial charge in [-0.2, -0.15) is 13.8 Å². The molecule has 0 saturated carbocycles. The van der Waals surface area contributed by atoms with Crippen LogP contribution < -0.4 is 11.4 Å². The lowest BCUT2D eigenvalue weighted by atomic mass is 10.1. The molecule has 0 aliphatic carbocycles. The zero-order valence-corrected chi connectivity index (χ0v) is 16.0. The normalized spacial score (nSPS) is 26.8. The quantitative estimate of drug-likeness (QED) is 0.776. The first-order chi connectivity index (χ1) is 11.3. The molecule has 1 fully saturated rings. The van der Waals surface area contributed by atoms with Gasteiger partial charge >= 0.3 is 11.6 Å². The van der Waals surface area contributed by atoms with Gasteiger partial charge in [-0.1, -0.05) is 20.8 Å². The summed E-state index contributed by atoms with van der Waals surface area (Å²) in [5.74, 6) is -3.60. The number of hydrogen-bond acceptors (Lipinski definition) is 6. The maximum Gasteiger partial charge on any atom is 0.351 e. The lowest BCUT2D eigenvalue weighted by molar-refractivity contribution is -0.138. The third-order valence-corrected chi connectivity index (χ3v) is 9.32. The summed E-state index contributed by atoms with van der Waals surface area (Å²) in [5.41, 5.74) is 4.44. The first kappa shape index (κ1) is 20.0. The molecule has 1 aliphatic heterocycles. The molecule has 2 heterocycles. The van der Waals surface area contributed by atoms with Gasteiger partial charge in [0.25, 0.3) is 0 Å². The first-order valence-corrected chi connectivity index (χ1v) is 10.9. The summed E-state index contributed by atoms with van der Waals surface area (Å²) in [6.07, 6.45) is -3.72. The highest BCUT2D eigenvalue weighted by atomic mass is 28.4. The maximum absolute atomic E-state index is 15.0. The van der Waals surface area contributed by atoms with E-state index in [0.29, 0.717) is 4.57 Å². The molecular weight excluding hydrogens is 352 g/mol. The number of nitrogens with two attached hydrogens (primary N) is 1. The van der Waals surface area contributed by atoms with Gasteiger partial charge in [-0.3, -0.25) is 4.57 Å². The third-order valence-electron chi connectivity index (χ3n) is 4.86. The molecule has 0 bridgehead atoms. The number of nitrogen functional groups attached to an aromatic ring is 1. The van der Waals surface area contributed by atoms with E-state index in [1.807, 2.05) is 33.9 Å². The minimum absolute atomic E-state index is 0.0738. The fourth-order valence-corrected chi connectivity index (χ4v) is 3.66. The summed E-state index contributed by atoms with van der Waals surface area (Å²) >= 11 is 0. The second-order valence-corrected chi connectivity index (χ2v) is 12.5. The van der Waals surface area contributed by atoms with Crippen LogP contribution in [0.5, 0.6) is 0 Å². The molecule has 142 valence electrons. The van der Waals surface area contributed by atoms with Crippen molar-refractivity contribution in [2.24, 2.45) is 0 Å². The van der Waals surface area contributed by atoms with Crippen LogP contribution in [0, 0.1) is 0 Å². The standard InChI is InChI=1S/C15H25F2N3O4Si/c1-14(2,3)25(4,5)24-11-9(8-21)23-12(15(11,16)17)20-7-6-10(18)19-13(20)22/h6-7,9,11-12,21H,8H2,1-5H3,(H2,18,19,22). The smallest absolute Gasteiger partial charge is 0.351 e. The van der Waals surface area contributed by atoms with E-state index < -0.39 is 45.0 Å². The Morgan fingerprint density at radius 2 is 2.08 bits per heavy atom. The number of nitrogens with zero attached hydrogens (tertiary/aromatic N) is 2. The van der Waals surface area contributed by atoms with E-state index in [2.05, 4.69) is 4.98 Å². The Hall–Kier alpha value is -1.36. The number of aromatic nitrogens is 2. The van der Waals surface area contributed by atoms with Crippen molar-refractivity contribution in [1.29, 1.82) is 0 Å². The summed E-state index contributed by atoms with van der Waals surface area (Å²) in [7, 11) is -2.56. The van der Waals surface area contributed by atoms with Crippen molar-refractivity contribution in [2.45, 2.75) is 63.3 Å². The Morgan fingerprint density at radius 1 is 1.48 bits per heavy atom. The average molecular weight is 377 g/mol. The number of rotatable bonds is 4. The van der Waals surface area contributed by atoms with Gasteiger partial charge in [-0.25, -0.2) is 4.79 Å². The Kier molecular flexibility index (Phi) is 5.12. The molecule has 1 aliphatic rings. The number of alkyl halides is 2. The van der Waals surface area contributed by atoms with Gasteiger partial charge < -0.3 is 20.0 Å². The highest BCUT2D eigenvalue weighted by Crippen LogP contribution is 2.47. The molecule has 3 N–H and O–H groups in total. The molecule has 0 amide bonds. The van der Waals surface area contributed by atoms with Gasteiger partial charge in [0.2, 0.25) is 6.23 Å². The lowest BCUT2D eigenvalue weighted by Crippen LogP contribution is -2.52. The molecule has 2 rings (SSSR count). The van der Waals surface area contributed by atoms with Crippen molar-refractivity contribution >= 4 is 14.1 Å². The summed E-state index contributed by atoms with van der Waals surface area (Å²) in [4.78, 5) is 15.4. The van der Waals surface area contributed by atoms with Crippen molar-refractivity contribution in [1.82, 2.24) is 9.55 Å². The van der Waals surface area contributed by atoms with E-state index >= 15 is 8.78 Å². The predicted molar refractivity (Wildman–Crippen MR) is 90.9 cm³/mol. The minimum Gasteiger partial charge on any atom is -0.405 e. The average Bonchev–Trinajstić information content (AvgIpc) is 2.69. The number of halogens is 2. The molecule has 1 aromatic heterocycles. The van der Waals surface area contributed by atoms with Crippen molar-refractivity contribution in [3.63, 3.8) is 0 Å². The van der Waals surface area contributed by atoms with E-state index in [9.17, 15) is 9.90 Å². The number of hydrogen-bond donors (Lipinski definition) is 2. The van der Waals surface area contributed by atoms with Crippen LogP contribution in [0.15, 0.2) is 17.1 Å². The topological polar surface area (TPSA) is 99.6 Å². The highest BCUT2D eigenvalue weighted by Gasteiger charge is 2.62. The van der Waals surface area contributed by atoms with Crippen LogP contribution in [0.25, 0.3) is 0 Å². The molecule has 0 radical (unpaired) electrons. The molecule has 7 nitrogen and oxygen atoms in total. The van der Waals surface area contributed by atoms with E-state index in [0.717, 1.165) is 6.20 Å². The fourth-order valence-electron chi connectivity index (χ4n) is 2.36. The Morgan fingerprint density at radius 3 is 2.56 bits per heavy atom. The molecule has 3 unspecified atom stereocenters. The Balaban J connectivity index is 2.41. The molecule has 10 heteroatoms. The lowest BCUT2D eigenvalue weighted by Gasteiger charge is -2.40. The van der Waals surface area contributed by atoms with Crippen LogP contribution in [0.2, 0.25) is 18.1 Å². The van der Waals surface area contributed by atoms with Gasteiger partial charge in [0.15, 0.2) is 8.32 Å². The number of aliphatic hydroxyl groups is 1. The minimum atomic E-state index is -3.52. The highest BCUT2D eigenvalue weighted by molar-refractivity contribution is 6.74. The molecule has 1 aromatic rings. The first-order valence-electron chi connectivity index (χ1n) is 7.98. The molecule has 0 aromatic carbocycles. The van der Waals surface area contributed by atoms with E-state index in [1.165, 1.54) is 6.07 Å². The van der Waals surface area contributed by atoms with Crippen LogP contribution in [0.3, 0.4) is 0 Å². The molecule has 0 spiro atoms. The summed E-state index contributed by atoms with van der Waals surface area (Å²) in [6, 6.07) is 1.23. The molecular formula is C15H25F2N3O4Si. The van der Waals surface area contributed by atoms with Gasteiger partial charge in [0.05, 0.1) is 6.61 Å². The second kappa shape index (κ2) is 6.42. The zero-order chi connectivity index (χ0) is 19.2. The van der Waals surface area contributed by atoms with Crippen molar-refractivity contribution in [3.8, 4) is 0 Å². The van der Waals surface area contributed by atoms with Crippen LogP contribution in [-0.2, 0) is 9.16 Å². The third kappa shape index (κ3) is 3.62. The second-order valence-electron chi connectivity index (χ2n) is 7.73. The summed E-state index contributed by atoms with van der Waals surface area (Å²) in [6.45, 7) is 8.79. The van der Waals surface area contributed by atoms with Crippen molar-refractivity contribution in [2.75, 3.05) is 12.3 Å². The van der Waals surface area contributed by atoms with E-state index in [4.69, 9.17) is 14.9 Å². The SMILES string of the molecule is CC(C)(C)[Si](C)(C)OC1C(CO)OC(n2ccc(N)nc2=O)C1(F)F. The number of anilines is 1. The van der Waals surface area contributed by atoms with Crippen LogP contribution in [0.1, 0.15) is 27.0 Å². The fraction of sp³-hybridized carbons (Fsp3) is 0.733. The van der Waals surface area contributed by atoms with Crippen LogP contribution >= 0.6 is 0 Å². The van der Waals surface area contributed by atoms with Crippen molar-refractivity contribution in [3.05, 3.63) is 22.7 Å². The maximum atomic E-state index is 15.0. The van der Waals surface area contributed by atoms with E-state index in [-0.39, 0.29) is 10.9 Å². The molecule has 3 atom stereocenters. The van der Waals surface area contributed by atoms with Crippen LogP contribution in [-0.4, -0.2) is 47.7 Å². The Labute approximate surface area is 145 Å². The van der Waals surface area contributed by atoms with E-state index in [1.54, 1.807) is 0 Å². The predicted octanol–water partition coefficient (Wildman–Crippen LogP) is 1.74. The summed E-state index contributed by atoms with van der Waals surface area (Å²) in [5, 5.41) is 9.20. The monoisotopic (exact) mass is 377 g/mol. The van der Waals surface area contributed by atoms with Gasteiger partial charge in [-0.05, 0) is 24.2 Å². The molecule has 25 heavy (non-hydrogen) atoms.